The standard InChI is InChI=1S/C17H20N2O5/c1-4-22-13-5-7-14(8-6-13)24-12(3)16(20)18-19-17(21)15-9-10-23-11(15)2/h5-10,12H,4H2,1-3H3,(H,18,20)(H,19,21). The van der Waals surface area contributed by atoms with E-state index in [2.05, 4.69) is 10.9 Å². The Morgan fingerprint density at radius 1 is 1.12 bits per heavy atom. The summed E-state index contributed by atoms with van der Waals surface area (Å²) in [7, 11) is 0. The van der Waals surface area contributed by atoms with E-state index < -0.39 is 17.9 Å². The first-order valence-corrected chi connectivity index (χ1v) is 7.55. The van der Waals surface area contributed by atoms with Crippen molar-refractivity contribution in [3.05, 3.63) is 47.9 Å². The van der Waals surface area contributed by atoms with Crippen LogP contribution in [0.15, 0.2) is 41.0 Å². The monoisotopic (exact) mass is 332 g/mol. The summed E-state index contributed by atoms with van der Waals surface area (Å²) in [5.41, 5.74) is 5.00. The molecule has 1 atom stereocenters. The van der Waals surface area contributed by atoms with Gasteiger partial charge in [-0.15, -0.1) is 0 Å². The van der Waals surface area contributed by atoms with Crippen molar-refractivity contribution in [2.45, 2.75) is 26.9 Å². The largest absolute Gasteiger partial charge is 0.494 e. The van der Waals surface area contributed by atoms with Gasteiger partial charge in [0.2, 0.25) is 0 Å². The van der Waals surface area contributed by atoms with E-state index in [4.69, 9.17) is 13.9 Å². The summed E-state index contributed by atoms with van der Waals surface area (Å²) in [5, 5.41) is 0. The number of hydrazine groups is 1. The number of aryl methyl sites for hydroxylation is 1. The molecule has 1 aromatic heterocycles. The lowest BCUT2D eigenvalue weighted by atomic mass is 10.2. The van der Waals surface area contributed by atoms with Gasteiger partial charge in [0.05, 0.1) is 18.4 Å². The van der Waals surface area contributed by atoms with Crippen LogP contribution < -0.4 is 20.3 Å². The number of ether oxygens (including phenoxy) is 2. The van der Waals surface area contributed by atoms with Gasteiger partial charge in [-0.3, -0.25) is 20.4 Å². The molecule has 7 nitrogen and oxygen atoms in total. The Labute approximate surface area is 139 Å². The van der Waals surface area contributed by atoms with Gasteiger partial charge < -0.3 is 13.9 Å². The molecule has 0 aliphatic heterocycles. The number of rotatable bonds is 6. The highest BCUT2D eigenvalue weighted by Gasteiger charge is 2.17. The third-order valence-corrected chi connectivity index (χ3v) is 3.22. The quantitative estimate of drug-likeness (QED) is 0.792. The molecular weight excluding hydrogens is 312 g/mol. The van der Waals surface area contributed by atoms with Crippen molar-refractivity contribution < 1.29 is 23.5 Å². The summed E-state index contributed by atoms with van der Waals surface area (Å²) >= 11 is 0. The van der Waals surface area contributed by atoms with Crippen LogP contribution in [0.25, 0.3) is 0 Å². The van der Waals surface area contributed by atoms with Crippen LogP contribution in [0.2, 0.25) is 0 Å². The number of hydrogen-bond donors (Lipinski definition) is 2. The summed E-state index contributed by atoms with van der Waals surface area (Å²) in [6.45, 7) is 5.72. The number of furan rings is 1. The van der Waals surface area contributed by atoms with Gasteiger partial charge in [-0.25, -0.2) is 0 Å². The SMILES string of the molecule is CCOc1ccc(OC(C)C(=O)NNC(=O)c2ccoc2C)cc1. The van der Waals surface area contributed by atoms with E-state index in [9.17, 15) is 9.59 Å². The molecule has 1 unspecified atom stereocenters. The molecule has 0 aliphatic carbocycles. The van der Waals surface area contributed by atoms with E-state index in [-0.39, 0.29) is 0 Å². The van der Waals surface area contributed by atoms with Gasteiger partial charge in [-0.1, -0.05) is 0 Å². The highest BCUT2D eigenvalue weighted by Crippen LogP contribution is 2.18. The average Bonchev–Trinajstić information content (AvgIpc) is 3.00. The van der Waals surface area contributed by atoms with E-state index in [1.165, 1.54) is 12.3 Å². The molecule has 2 N–H and O–H groups in total. The van der Waals surface area contributed by atoms with Crippen LogP contribution in [-0.2, 0) is 4.79 Å². The second kappa shape index (κ2) is 8.05. The minimum Gasteiger partial charge on any atom is -0.494 e. The van der Waals surface area contributed by atoms with E-state index in [0.29, 0.717) is 23.7 Å². The maximum atomic E-state index is 12.0. The van der Waals surface area contributed by atoms with Gasteiger partial charge in [-0.05, 0) is 51.1 Å². The highest BCUT2D eigenvalue weighted by atomic mass is 16.5. The zero-order valence-electron chi connectivity index (χ0n) is 13.8. The highest BCUT2D eigenvalue weighted by molar-refractivity contribution is 5.96. The van der Waals surface area contributed by atoms with Gasteiger partial charge in [-0.2, -0.15) is 0 Å². The van der Waals surface area contributed by atoms with E-state index >= 15 is 0 Å². The molecular formula is C17H20N2O5. The summed E-state index contributed by atoms with van der Waals surface area (Å²) in [5.74, 6) is 0.796. The molecule has 1 aromatic carbocycles. The molecule has 2 rings (SSSR count). The lowest BCUT2D eigenvalue weighted by Gasteiger charge is -2.15. The van der Waals surface area contributed by atoms with Gasteiger partial charge >= 0.3 is 0 Å². The normalized spacial score (nSPS) is 11.5. The van der Waals surface area contributed by atoms with E-state index in [1.807, 2.05) is 6.92 Å². The molecule has 0 radical (unpaired) electrons. The first-order chi connectivity index (χ1) is 11.5. The number of carbonyl (C=O) groups excluding carboxylic acids is 2. The number of amides is 2. The van der Waals surface area contributed by atoms with Crippen LogP contribution in [0.4, 0.5) is 0 Å². The smallest absolute Gasteiger partial charge is 0.279 e. The fraction of sp³-hybridized carbons (Fsp3) is 0.294. The Balaban J connectivity index is 1.83. The first-order valence-electron chi connectivity index (χ1n) is 7.55. The summed E-state index contributed by atoms with van der Waals surface area (Å²) in [6.07, 6.45) is 0.623. The Morgan fingerprint density at radius 3 is 2.38 bits per heavy atom. The first kappa shape index (κ1) is 17.4. The predicted octanol–water partition coefficient (Wildman–Crippen LogP) is 2.22. The van der Waals surface area contributed by atoms with Crippen molar-refractivity contribution in [2.24, 2.45) is 0 Å². The van der Waals surface area contributed by atoms with E-state index in [1.54, 1.807) is 38.1 Å². The van der Waals surface area contributed by atoms with Crippen LogP contribution in [0.3, 0.4) is 0 Å². The van der Waals surface area contributed by atoms with Crippen molar-refractivity contribution in [1.29, 1.82) is 0 Å². The Hall–Kier alpha value is -2.96. The van der Waals surface area contributed by atoms with Crippen LogP contribution in [0, 0.1) is 6.92 Å². The molecule has 0 spiro atoms. The molecule has 24 heavy (non-hydrogen) atoms. The molecule has 2 aromatic rings. The molecule has 1 heterocycles. The fourth-order valence-electron chi connectivity index (χ4n) is 1.95. The lowest BCUT2D eigenvalue weighted by Crippen LogP contribution is -2.47. The molecule has 128 valence electrons. The Morgan fingerprint density at radius 2 is 1.79 bits per heavy atom. The van der Waals surface area contributed by atoms with Gasteiger partial charge in [0.1, 0.15) is 17.3 Å². The zero-order chi connectivity index (χ0) is 17.5. The molecule has 0 bridgehead atoms. The second-order valence-electron chi connectivity index (χ2n) is 5.00. The fourth-order valence-corrected chi connectivity index (χ4v) is 1.95. The summed E-state index contributed by atoms with van der Waals surface area (Å²) in [6, 6.07) is 8.46. The minimum absolute atomic E-state index is 0.357. The molecule has 2 amide bonds. The molecule has 7 heteroatoms. The van der Waals surface area contributed by atoms with Gasteiger partial charge in [0, 0.05) is 0 Å². The van der Waals surface area contributed by atoms with Crippen LogP contribution in [0.1, 0.15) is 30.0 Å². The van der Waals surface area contributed by atoms with Crippen molar-refractivity contribution in [1.82, 2.24) is 10.9 Å². The minimum atomic E-state index is -0.784. The van der Waals surface area contributed by atoms with Gasteiger partial charge in [0.25, 0.3) is 11.8 Å². The zero-order valence-corrected chi connectivity index (χ0v) is 13.8. The third-order valence-electron chi connectivity index (χ3n) is 3.22. The molecule has 0 saturated carbocycles. The van der Waals surface area contributed by atoms with Crippen LogP contribution in [0.5, 0.6) is 11.5 Å². The maximum absolute atomic E-state index is 12.0. The average molecular weight is 332 g/mol. The van der Waals surface area contributed by atoms with Crippen molar-refractivity contribution in [2.75, 3.05) is 6.61 Å². The van der Waals surface area contributed by atoms with Crippen LogP contribution >= 0.6 is 0 Å². The lowest BCUT2D eigenvalue weighted by molar-refractivity contribution is -0.128. The van der Waals surface area contributed by atoms with Crippen LogP contribution in [-0.4, -0.2) is 24.5 Å². The predicted molar refractivity (Wildman–Crippen MR) is 86.8 cm³/mol. The summed E-state index contributed by atoms with van der Waals surface area (Å²) in [4.78, 5) is 23.8. The molecule has 0 aliphatic rings. The number of nitrogens with one attached hydrogen (secondary N) is 2. The number of benzene rings is 1. The maximum Gasteiger partial charge on any atom is 0.279 e. The van der Waals surface area contributed by atoms with E-state index in [0.717, 1.165) is 5.75 Å². The second-order valence-corrected chi connectivity index (χ2v) is 5.00. The molecule has 0 fully saturated rings. The number of hydrogen-bond acceptors (Lipinski definition) is 5. The summed E-state index contributed by atoms with van der Waals surface area (Å²) < 4.78 is 15.9. The van der Waals surface area contributed by atoms with Gasteiger partial charge in [0.15, 0.2) is 6.10 Å². The van der Waals surface area contributed by atoms with Crippen molar-refractivity contribution in [3.8, 4) is 11.5 Å². The molecule has 0 saturated heterocycles. The van der Waals surface area contributed by atoms with Crippen molar-refractivity contribution >= 4 is 11.8 Å². The topological polar surface area (TPSA) is 89.8 Å². The van der Waals surface area contributed by atoms with Crippen molar-refractivity contribution in [3.63, 3.8) is 0 Å². The Kier molecular flexibility index (Phi) is 5.83. The third kappa shape index (κ3) is 4.52. The number of carbonyl (C=O) groups is 2. The Bertz CT molecular complexity index is 693.